The van der Waals surface area contributed by atoms with Crippen molar-refractivity contribution in [3.8, 4) is 0 Å². The Labute approximate surface area is 109 Å². The second-order valence-electron chi connectivity index (χ2n) is 4.44. The van der Waals surface area contributed by atoms with Gasteiger partial charge < -0.3 is 5.11 Å². The summed E-state index contributed by atoms with van der Waals surface area (Å²) < 4.78 is 25.9. The van der Waals surface area contributed by atoms with Crippen molar-refractivity contribution in [2.24, 2.45) is 0 Å². The van der Waals surface area contributed by atoms with E-state index >= 15 is 0 Å². The summed E-state index contributed by atoms with van der Waals surface area (Å²) in [7, 11) is -3.49. The highest BCUT2D eigenvalue weighted by Gasteiger charge is 2.19. The molecule has 1 aromatic carbocycles. The van der Waals surface area contributed by atoms with Crippen LogP contribution < -0.4 is 4.72 Å². The molecule has 102 valence electrons. The van der Waals surface area contributed by atoms with E-state index in [0.29, 0.717) is 5.69 Å². The first kappa shape index (κ1) is 15.0. The first-order valence-corrected chi connectivity index (χ1v) is 7.75. The highest BCUT2D eigenvalue weighted by Crippen LogP contribution is 2.14. The van der Waals surface area contributed by atoms with Crippen molar-refractivity contribution in [2.75, 3.05) is 11.3 Å². The van der Waals surface area contributed by atoms with Crippen molar-refractivity contribution in [3.05, 3.63) is 29.8 Å². The first-order valence-electron chi connectivity index (χ1n) is 6.21. The molecule has 1 rings (SSSR count). The number of anilines is 1. The molecule has 0 spiro atoms. The molecule has 0 bridgehead atoms. The minimum Gasteiger partial charge on any atom is -0.395 e. The monoisotopic (exact) mass is 271 g/mol. The topological polar surface area (TPSA) is 66.4 Å². The zero-order valence-electron chi connectivity index (χ0n) is 10.9. The number of rotatable bonds is 7. The first-order chi connectivity index (χ1) is 8.49. The molecule has 2 N–H and O–H groups in total. The molecular weight excluding hydrogens is 250 g/mol. The third kappa shape index (κ3) is 4.31. The third-order valence-corrected chi connectivity index (χ3v) is 4.55. The van der Waals surface area contributed by atoms with Gasteiger partial charge in [0, 0.05) is 5.69 Å². The lowest BCUT2D eigenvalue weighted by atomic mass is 10.1. The van der Waals surface area contributed by atoms with E-state index in [0.717, 1.165) is 19.3 Å². The van der Waals surface area contributed by atoms with Crippen molar-refractivity contribution in [1.82, 2.24) is 0 Å². The molecule has 1 atom stereocenters. The number of aryl methyl sites for hydroxylation is 1. The van der Waals surface area contributed by atoms with Crippen molar-refractivity contribution < 1.29 is 13.5 Å². The number of sulfonamides is 1. The molecule has 1 unspecified atom stereocenters. The van der Waals surface area contributed by atoms with Crippen LogP contribution in [0.1, 0.15) is 32.3 Å². The van der Waals surface area contributed by atoms with Crippen LogP contribution in [0.5, 0.6) is 0 Å². The average Bonchev–Trinajstić information content (AvgIpc) is 2.36. The van der Waals surface area contributed by atoms with E-state index in [1.165, 1.54) is 12.5 Å². The number of unbranched alkanes of at least 4 members (excludes halogenated alkanes) is 1. The van der Waals surface area contributed by atoms with Crippen LogP contribution in [-0.4, -0.2) is 25.4 Å². The van der Waals surface area contributed by atoms with Gasteiger partial charge in [-0.05, 0) is 37.5 Å². The molecule has 0 saturated carbocycles. The summed E-state index contributed by atoms with van der Waals surface area (Å²) in [6.07, 6.45) is 3.28. The number of aliphatic hydroxyl groups is 1. The largest absolute Gasteiger partial charge is 0.395 e. The predicted octanol–water partition coefficient (Wildman–Crippen LogP) is 2.15. The van der Waals surface area contributed by atoms with Gasteiger partial charge in [0.1, 0.15) is 5.25 Å². The molecule has 0 aliphatic rings. The summed E-state index contributed by atoms with van der Waals surface area (Å²) >= 11 is 0. The van der Waals surface area contributed by atoms with E-state index < -0.39 is 15.3 Å². The Hall–Kier alpha value is -1.07. The van der Waals surface area contributed by atoms with Gasteiger partial charge in [-0.15, -0.1) is 0 Å². The van der Waals surface area contributed by atoms with Crippen LogP contribution in [0.15, 0.2) is 24.3 Å². The molecule has 0 amide bonds. The van der Waals surface area contributed by atoms with Gasteiger partial charge in [0.05, 0.1) is 6.61 Å². The average molecular weight is 271 g/mol. The van der Waals surface area contributed by atoms with Gasteiger partial charge >= 0.3 is 0 Å². The Bertz CT molecular complexity index is 454. The normalized spacial score (nSPS) is 13.3. The minimum absolute atomic E-state index is 0.385. The Kier molecular flexibility index (Phi) is 5.62. The zero-order valence-corrected chi connectivity index (χ0v) is 11.7. The molecular formula is C13H21NO3S. The SMILES string of the molecule is CCCCc1ccc(NS(=O)(=O)C(C)CO)cc1. The number of hydrogen-bond acceptors (Lipinski definition) is 3. The van der Waals surface area contributed by atoms with Crippen LogP contribution in [0.4, 0.5) is 5.69 Å². The van der Waals surface area contributed by atoms with Crippen molar-refractivity contribution >= 4 is 15.7 Å². The highest BCUT2D eigenvalue weighted by molar-refractivity contribution is 7.93. The van der Waals surface area contributed by atoms with Crippen LogP contribution in [0.2, 0.25) is 0 Å². The lowest BCUT2D eigenvalue weighted by molar-refractivity contribution is 0.296. The molecule has 0 heterocycles. The number of benzene rings is 1. The van der Waals surface area contributed by atoms with E-state index in [2.05, 4.69) is 11.6 Å². The molecule has 0 radical (unpaired) electrons. The lowest BCUT2D eigenvalue weighted by Gasteiger charge is -2.12. The van der Waals surface area contributed by atoms with E-state index in [1.54, 1.807) is 12.1 Å². The molecule has 0 fully saturated rings. The zero-order chi connectivity index (χ0) is 13.6. The van der Waals surface area contributed by atoms with Crippen LogP contribution >= 0.6 is 0 Å². The maximum absolute atomic E-state index is 11.7. The Morgan fingerprint density at radius 3 is 2.39 bits per heavy atom. The van der Waals surface area contributed by atoms with Gasteiger partial charge in [-0.25, -0.2) is 8.42 Å². The molecule has 1 aromatic rings. The van der Waals surface area contributed by atoms with E-state index in [-0.39, 0.29) is 6.61 Å². The van der Waals surface area contributed by atoms with Gasteiger partial charge in [-0.3, -0.25) is 4.72 Å². The quantitative estimate of drug-likeness (QED) is 0.798. The predicted molar refractivity (Wildman–Crippen MR) is 74.1 cm³/mol. The van der Waals surface area contributed by atoms with Gasteiger partial charge in [0.25, 0.3) is 0 Å². The molecule has 0 aliphatic heterocycles. The molecule has 0 aromatic heterocycles. The summed E-state index contributed by atoms with van der Waals surface area (Å²) in [5, 5.41) is 8.06. The standard InChI is InChI=1S/C13H21NO3S/c1-3-4-5-12-6-8-13(9-7-12)14-18(16,17)11(2)10-15/h6-9,11,14-15H,3-5,10H2,1-2H3. The van der Waals surface area contributed by atoms with Gasteiger partial charge in [0.2, 0.25) is 10.0 Å². The Morgan fingerprint density at radius 2 is 1.89 bits per heavy atom. The van der Waals surface area contributed by atoms with Crippen LogP contribution in [0, 0.1) is 0 Å². The van der Waals surface area contributed by atoms with Crippen molar-refractivity contribution in [1.29, 1.82) is 0 Å². The van der Waals surface area contributed by atoms with Crippen molar-refractivity contribution in [2.45, 2.75) is 38.4 Å². The fourth-order valence-corrected chi connectivity index (χ4v) is 2.35. The fraction of sp³-hybridized carbons (Fsp3) is 0.538. The molecule has 4 nitrogen and oxygen atoms in total. The van der Waals surface area contributed by atoms with Crippen molar-refractivity contribution in [3.63, 3.8) is 0 Å². The van der Waals surface area contributed by atoms with Crippen LogP contribution in [0.3, 0.4) is 0 Å². The third-order valence-electron chi connectivity index (χ3n) is 2.82. The molecule has 0 saturated heterocycles. The summed E-state index contributed by atoms with van der Waals surface area (Å²) in [6, 6.07) is 7.37. The molecule has 0 aliphatic carbocycles. The highest BCUT2D eigenvalue weighted by atomic mass is 32.2. The Morgan fingerprint density at radius 1 is 1.28 bits per heavy atom. The van der Waals surface area contributed by atoms with E-state index in [1.807, 2.05) is 12.1 Å². The maximum atomic E-state index is 11.7. The smallest absolute Gasteiger partial charge is 0.237 e. The number of hydrogen-bond donors (Lipinski definition) is 2. The minimum atomic E-state index is -3.49. The van der Waals surface area contributed by atoms with Crippen LogP contribution in [-0.2, 0) is 16.4 Å². The van der Waals surface area contributed by atoms with Gasteiger partial charge in [0.15, 0.2) is 0 Å². The van der Waals surface area contributed by atoms with Crippen LogP contribution in [0.25, 0.3) is 0 Å². The molecule has 5 heteroatoms. The maximum Gasteiger partial charge on any atom is 0.237 e. The van der Waals surface area contributed by atoms with E-state index in [4.69, 9.17) is 5.11 Å². The number of aliphatic hydroxyl groups excluding tert-OH is 1. The second-order valence-corrected chi connectivity index (χ2v) is 6.54. The summed E-state index contributed by atoms with van der Waals surface area (Å²) in [4.78, 5) is 0. The lowest BCUT2D eigenvalue weighted by Crippen LogP contribution is -2.28. The second kappa shape index (κ2) is 6.75. The summed E-state index contributed by atoms with van der Waals surface area (Å²) in [5.41, 5.74) is 1.74. The fourth-order valence-electron chi connectivity index (χ4n) is 1.48. The summed E-state index contributed by atoms with van der Waals surface area (Å²) in [6.45, 7) is 3.22. The Balaban J connectivity index is 2.69. The van der Waals surface area contributed by atoms with Gasteiger partial charge in [-0.2, -0.15) is 0 Å². The van der Waals surface area contributed by atoms with E-state index in [9.17, 15) is 8.42 Å². The summed E-state index contributed by atoms with van der Waals surface area (Å²) in [5.74, 6) is 0. The molecule has 18 heavy (non-hydrogen) atoms. The number of nitrogens with one attached hydrogen (secondary N) is 1. The van der Waals surface area contributed by atoms with Gasteiger partial charge in [-0.1, -0.05) is 25.5 Å².